The van der Waals surface area contributed by atoms with Crippen molar-refractivity contribution in [2.24, 2.45) is 0 Å². The van der Waals surface area contributed by atoms with Gasteiger partial charge in [-0.1, -0.05) is 18.2 Å². The molecule has 6 atom stereocenters. The maximum atomic E-state index is 15.4. The number of rotatable bonds is 9. The van der Waals surface area contributed by atoms with Crippen LogP contribution in [0.2, 0.25) is 0 Å². The Labute approximate surface area is 193 Å². The molecule has 0 amide bonds. The monoisotopic (exact) mass is 501 g/mol. The lowest BCUT2D eigenvalue weighted by Gasteiger charge is -2.25. The molecule has 1 aliphatic rings. The molecule has 0 bridgehead atoms. The van der Waals surface area contributed by atoms with Crippen LogP contribution in [0.1, 0.15) is 20.1 Å². The smallest absolute Gasteiger partial charge is 0.459 e. The van der Waals surface area contributed by atoms with Gasteiger partial charge in [0.05, 0.1) is 13.7 Å². The Bertz CT molecular complexity index is 1170. The molecule has 0 radical (unpaired) electrons. The largest absolute Gasteiger partial charge is 0.468 e. The molecule has 34 heavy (non-hydrogen) atoms. The number of alkyl halides is 1. The van der Waals surface area contributed by atoms with Gasteiger partial charge in [0.25, 0.3) is 5.56 Å². The lowest BCUT2D eigenvalue weighted by Crippen LogP contribution is -2.43. The molecule has 2 heterocycles. The van der Waals surface area contributed by atoms with E-state index in [4.69, 9.17) is 13.8 Å². The second kappa shape index (κ2) is 10.2. The predicted molar refractivity (Wildman–Crippen MR) is 116 cm³/mol. The van der Waals surface area contributed by atoms with Gasteiger partial charge in [0.2, 0.25) is 0 Å². The van der Waals surface area contributed by atoms with E-state index in [-0.39, 0.29) is 5.75 Å². The number of para-hydroxylation sites is 1. The second-order valence-electron chi connectivity index (χ2n) is 7.71. The third-order valence-corrected chi connectivity index (χ3v) is 6.75. The summed E-state index contributed by atoms with van der Waals surface area (Å²) in [6.07, 6.45) is -3.78. The highest BCUT2D eigenvalue weighted by Gasteiger charge is 2.55. The Hall–Kier alpha value is -2.83. The second-order valence-corrected chi connectivity index (χ2v) is 9.41. The van der Waals surface area contributed by atoms with Crippen molar-refractivity contribution in [2.75, 3.05) is 13.7 Å². The van der Waals surface area contributed by atoms with Crippen LogP contribution in [0.3, 0.4) is 0 Å². The molecule has 0 spiro atoms. The zero-order chi connectivity index (χ0) is 25.1. The number of methoxy groups -OCH3 is 1. The number of nitrogens with zero attached hydrogens (tertiary/aromatic N) is 1. The van der Waals surface area contributed by atoms with Crippen LogP contribution in [0.25, 0.3) is 0 Å². The quantitative estimate of drug-likeness (QED) is 0.333. The van der Waals surface area contributed by atoms with Gasteiger partial charge in [-0.05, 0) is 26.0 Å². The molecule has 0 aliphatic carbocycles. The van der Waals surface area contributed by atoms with E-state index >= 15 is 4.39 Å². The maximum absolute atomic E-state index is 15.4. The number of hydrogen-bond donors (Lipinski definition) is 3. The van der Waals surface area contributed by atoms with E-state index in [1.807, 2.05) is 4.98 Å². The molecule has 1 fully saturated rings. The number of ether oxygens (including phenoxy) is 2. The summed E-state index contributed by atoms with van der Waals surface area (Å²) in [4.78, 5) is 37.2. The van der Waals surface area contributed by atoms with Crippen LogP contribution in [0.5, 0.6) is 5.75 Å². The first-order chi connectivity index (χ1) is 16.0. The average Bonchev–Trinajstić information content (AvgIpc) is 3.01. The Balaban J connectivity index is 1.80. The van der Waals surface area contributed by atoms with E-state index in [9.17, 15) is 24.1 Å². The van der Waals surface area contributed by atoms with Crippen LogP contribution in [0, 0.1) is 0 Å². The van der Waals surface area contributed by atoms with E-state index in [1.165, 1.54) is 19.1 Å². The number of H-pyrrole nitrogens is 1. The summed E-state index contributed by atoms with van der Waals surface area (Å²) >= 11 is 0. The van der Waals surface area contributed by atoms with Crippen LogP contribution in [-0.4, -0.2) is 58.3 Å². The molecule has 1 aliphatic heterocycles. The van der Waals surface area contributed by atoms with Crippen molar-refractivity contribution in [2.45, 2.75) is 44.0 Å². The molecule has 0 saturated carbocycles. The third-order valence-electron chi connectivity index (χ3n) is 5.10. The fourth-order valence-corrected chi connectivity index (χ4v) is 4.81. The van der Waals surface area contributed by atoms with E-state index in [2.05, 4.69) is 9.82 Å². The number of nitrogens with one attached hydrogen (secondary N) is 2. The summed E-state index contributed by atoms with van der Waals surface area (Å²) in [5, 5.41) is 12.9. The van der Waals surface area contributed by atoms with Gasteiger partial charge in [0.15, 0.2) is 11.9 Å². The van der Waals surface area contributed by atoms with Crippen molar-refractivity contribution in [3.05, 3.63) is 63.4 Å². The van der Waals surface area contributed by atoms with Crippen molar-refractivity contribution < 1.29 is 37.4 Å². The minimum absolute atomic E-state index is 0.149. The molecule has 1 saturated heterocycles. The molecule has 14 heteroatoms. The fourth-order valence-electron chi connectivity index (χ4n) is 3.31. The van der Waals surface area contributed by atoms with Crippen molar-refractivity contribution in [3.63, 3.8) is 0 Å². The van der Waals surface area contributed by atoms with Crippen molar-refractivity contribution >= 4 is 13.7 Å². The van der Waals surface area contributed by atoms with Gasteiger partial charge < -0.3 is 19.1 Å². The van der Waals surface area contributed by atoms with Gasteiger partial charge in [-0.15, -0.1) is 0 Å². The summed E-state index contributed by atoms with van der Waals surface area (Å²) in [5.74, 6) is -0.595. The molecular formula is C20H25FN3O9P. The lowest BCUT2D eigenvalue weighted by atomic mass is 9.98. The molecular weight excluding hydrogens is 476 g/mol. The van der Waals surface area contributed by atoms with Crippen LogP contribution >= 0.6 is 7.75 Å². The molecule has 0 unspecified atom stereocenters. The number of halogens is 1. The first kappa shape index (κ1) is 25.8. The topological polar surface area (TPSA) is 158 Å². The average molecular weight is 501 g/mol. The van der Waals surface area contributed by atoms with Gasteiger partial charge in [0, 0.05) is 12.3 Å². The summed E-state index contributed by atoms with van der Waals surface area (Å²) in [5.41, 5.74) is -4.11. The lowest BCUT2D eigenvalue weighted by molar-refractivity contribution is -0.142. The molecule has 1 aromatic carbocycles. The first-order valence-electron chi connectivity index (χ1n) is 10.2. The summed E-state index contributed by atoms with van der Waals surface area (Å²) in [6, 6.07) is 7.83. The molecule has 3 N–H and O–H groups in total. The van der Waals surface area contributed by atoms with Gasteiger partial charge in [-0.3, -0.25) is 23.7 Å². The highest BCUT2D eigenvalue weighted by atomic mass is 31.2. The molecule has 12 nitrogen and oxygen atoms in total. The number of carbonyl (C=O) groups is 1. The third kappa shape index (κ3) is 5.62. The Morgan fingerprint density at radius 3 is 2.65 bits per heavy atom. The standard InChI is InChI=1S/C20H25FN3O9P/c1-12(17(27)30-3)23-34(29,33-13-7-5-4-6-8-13)31-11-14-16(26)20(2,21)18(32-14)24-10-9-15(25)22-19(24)28/h4-10,12,14,16,18,26H,11H2,1-3H3,(H,23,29)(H,22,25,28)/t12-,14+,16+,18+,20+,34+/m0/s1. The van der Waals surface area contributed by atoms with Crippen molar-refractivity contribution in [1.29, 1.82) is 0 Å². The minimum atomic E-state index is -4.27. The zero-order valence-electron chi connectivity index (χ0n) is 18.5. The van der Waals surface area contributed by atoms with Crippen molar-refractivity contribution in [3.8, 4) is 5.75 Å². The van der Waals surface area contributed by atoms with Gasteiger partial charge >= 0.3 is 19.4 Å². The number of esters is 1. The normalized spacial score (nSPS) is 27.0. The number of aromatic amines is 1. The number of aromatic nitrogens is 2. The molecule has 3 rings (SSSR count). The number of hydrogen-bond acceptors (Lipinski definition) is 9. The number of aliphatic hydroxyl groups excluding tert-OH is 1. The van der Waals surface area contributed by atoms with Gasteiger partial charge in [-0.2, -0.15) is 5.09 Å². The van der Waals surface area contributed by atoms with E-state index < -0.39 is 61.7 Å². The van der Waals surface area contributed by atoms with Crippen molar-refractivity contribution in [1.82, 2.24) is 14.6 Å². The van der Waals surface area contributed by atoms with Crippen LogP contribution in [0.4, 0.5) is 4.39 Å². The Morgan fingerprint density at radius 1 is 1.35 bits per heavy atom. The fraction of sp³-hybridized carbons (Fsp3) is 0.450. The first-order valence-corrected chi connectivity index (χ1v) is 11.7. The zero-order valence-corrected chi connectivity index (χ0v) is 19.4. The summed E-state index contributed by atoms with van der Waals surface area (Å²) < 4.78 is 50.5. The summed E-state index contributed by atoms with van der Waals surface area (Å²) in [7, 11) is -3.13. The maximum Gasteiger partial charge on any atom is 0.459 e. The van der Waals surface area contributed by atoms with E-state index in [0.29, 0.717) is 0 Å². The Kier molecular flexibility index (Phi) is 7.74. The number of benzene rings is 1. The summed E-state index contributed by atoms with van der Waals surface area (Å²) in [6.45, 7) is 1.74. The molecule has 2 aromatic rings. The van der Waals surface area contributed by atoms with E-state index in [0.717, 1.165) is 30.9 Å². The molecule has 1 aromatic heterocycles. The van der Waals surface area contributed by atoms with Gasteiger partial charge in [0.1, 0.15) is 24.0 Å². The highest BCUT2D eigenvalue weighted by Crippen LogP contribution is 2.47. The van der Waals surface area contributed by atoms with Crippen LogP contribution in [-0.2, 0) is 23.4 Å². The van der Waals surface area contributed by atoms with Crippen LogP contribution in [0.15, 0.2) is 52.2 Å². The van der Waals surface area contributed by atoms with E-state index in [1.54, 1.807) is 18.2 Å². The predicted octanol–water partition coefficient (Wildman–Crippen LogP) is 0.878. The number of carbonyl (C=O) groups excluding carboxylic acids is 1. The van der Waals surface area contributed by atoms with Crippen LogP contribution < -0.4 is 20.9 Å². The van der Waals surface area contributed by atoms with Gasteiger partial charge in [-0.25, -0.2) is 13.8 Å². The highest BCUT2D eigenvalue weighted by molar-refractivity contribution is 7.52. The number of aliphatic hydroxyl groups is 1. The molecule has 186 valence electrons. The minimum Gasteiger partial charge on any atom is -0.468 e. The SMILES string of the molecule is COC(=O)[C@H](C)N[P@@](=O)(OC[C@H]1O[C@@H](n2ccc(=O)[nH]c2=O)[C@](C)(F)[C@@H]1O)Oc1ccccc1. The Morgan fingerprint density at radius 2 is 2.03 bits per heavy atom.